The van der Waals surface area contributed by atoms with Gasteiger partial charge in [0.05, 0.1) is 12.3 Å². The normalized spacial score (nSPS) is 19.8. The number of imidazole rings is 1. The molecule has 22 heavy (non-hydrogen) atoms. The maximum atomic E-state index is 12.5. The van der Waals surface area contributed by atoms with Crippen LogP contribution in [0.1, 0.15) is 19.2 Å². The molecular formula is C14H21N5O2S. The van der Waals surface area contributed by atoms with Gasteiger partial charge in [-0.15, -0.1) is 0 Å². The van der Waals surface area contributed by atoms with Crippen molar-refractivity contribution in [1.29, 1.82) is 0 Å². The van der Waals surface area contributed by atoms with Gasteiger partial charge in [0.15, 0.2) is 0 Å². The largest absolute Gasteiger partial charge is 0.333 e. The van der Waals surface area contributed by atoms with E-state index in [0.717, 1.165) is 12.4 Å². The Morgan fingerprint density at radius 3 is 2.86 bits per heavy atom. The predicted molar refractivity (Wildman–Crippen MR) is 82.4 cm³/mol. The van der Waals surface area contributed by atoms with Crippen molar-refractivity contribution >= 4 is 10.0 Å². The molecule has 0 saturated carbocycles. The van der Waals surface area contributed by atoms with Gasteiger partial charge in [-0.05, 0) is 12.5 Å². The molecule has 120 valence electrons. The third-order valence-corrected chi connectivity index (χ3v) is 5.89. The highest BCUT2D eigenvalue weighted by atomic mass is 32.2. The van der Waals surface area contributed by atoms with Gasteiger partial charge in [0, 0.05) is 50.3 Å². The number of nitrogens with zero attached hydrogens (tertiary/aromatic N) is 5. The monoisotopic (exact) mass is 323 g/mol. The first-order valence-electron chi connectivity index (χ1n) is 7.53. The zero-order valence-electron chi connectivity index (χ0n) is 12.7. The molecule has 3 heterocycles. The van der Waals surface area contributed by atoms with Crippen LogP contribution in [0, 0.1) is 5.92 Å². The highest BCUT2D eigenvalue weighted by Crippen LogP contribution is 2.20. The van der Waals surface area contributed by atoms with Crippen LogP contribution in [0.15, 0.2) is 30.9 Å². The minimum absolute atomic E-state index is 0.169. The Balaban J connectivity index is 1.86. The summed E-state index contributed by atoms with van der Waals surface area (Å²) in [7, 11) is -3.24. The van der Waals surface area contributed by atoms with Crippen molar-refractivity contribution < 1.29 is 8.42 Å². The minimum Gasteiger partial charge on any atom is -0.333 e. The summed E-state index contributed by atoms with van der Waals surface area (Å²) in [5.74, 6) is 1.16. The summed E-state index contributed by atoms with van der Waals surface area (Å²) in [5.41, 5.74) is 0. The van der Waals surface area contributed by atoms with E-state index in [-0.39, 0.29) is 11.7 Å². The van der Waals surface area contributed by atoms with Crippen LogP contribution in [-0.2, 0) is 29.7 Å². The number of fused-ring (bicyclic) bond motifs is 1. The lowest BCUT2D eigenvalue weighted by atomic mass is 10.1. The lowest BCUT2D eigenvalue weighted by molar-refractivity contribution is 0.302. The van der Waals surface area contributed by atoms with E-state index in [1.54, 1.807) is 16.7 Å². The van der Waals surface area contributed by atoms with Gasteiger partial charge in [-0.25, -0.2) is 13.4 Å². The summed E-state index contributed by atoms with van der Waals surface area (Å²) in [5, 5.41) is 4.23. The Hall–Kier alpha value is -1.67. The van der Waals surface area contributed by atoms with Crippen LogP contribution in [0.4, 0.5) is 0 Å². The first-order chi connectivity index (χ1) is 10.6. The predicted octanol–water partition coefficient (Wildman–Crippen LogP) is 0.951. The molecule has 0 aromatic carbocycles. The van der Waals surface area contributed by atoms with Crippen LogP contribution >= 0.6 is 0 Å². The maximum absolute atomic E-state index is 12.5. The summed E-state index contributed by atoms with van der Waals surface area (Å²) in [6.45, 7) is 4.20. The second-order valence-electron chi connectivity index (χ2n) is 5.70. The zero-order valence-corrected chi connectivity index (χ0v) is 13.5. The Bertz CT molecular complexity index is 707. The van der Waals surface area contributed by atoms with E-state index >= 15 is 0 Å². The van der Waals surface area contributed by atoms with E-state index in [0.29, 0.717) is 26.1 Å². The number of sulfonamides is 1. The van der Waals surface area contributed by atoms with E-state index in [1.165, 1.54) is 0 Å². The van der Waals surface area contributed by atoms with Gasteiger partial charge in [-0.2, -0.15) is 9.40 Å². The molecular weight excluding hydrogens is 302 g/mol. The smallest absolute Gasteiger partial charge is 0.214 e. The fourth-order valence-electron chi connectivity index (χ4n) is 2.89. The van der Waals surface area contributed by atoms with Crippen LogP contribution in [0.25, 0.3) is 0 Å². The molecule has 1 atom stereocenters. The summed E-state index contributed by atoms with van der Waals surface area (Å²) in [4.78, 5) is 4.31. The Labute approximate surface area is 130 Å². The second kappa shape index (κ2) is 6.21. The van der Waals surface area contributed by atoms with Gasteiger partial charge in [0.1, 0.15) is 5.82 Å². The van der Waals surface area contributed by atoms with Crippen molar-refractivity contribution in [2.24, 2.45) is 5.92 Å². The standard InChI is InChI=1S/C14H21N5O2S/c1-2-8-22(20,21)19-11-13(10-18-6-3-4-16-18)9-17-7-5-15-14(17)12-19/h3-7,13H,2,8-12H2,1H3/t13-/m0/s1. The molecule has 8 heteroatoms. The van der Waals surface area contributed by atoms with Crippen molar-refractivity contribution in [3.05, 3.63) is 36.7 Å². The third kappa shape index (κ3) is 3.22. The van der Waals surface area contributed by atoms with Crippen LogP contribution in [-0.4, -0.2) is 44.4 Å². The average molecular weight is 323 g/mol. The molecule has 0 radical (unpaired) electrons. The van der Waals surface area contributed by atoms with Crippen LogP contribution in [0.2, 0.25) is 0 Å². The second-order valence-corrected chi connectivity index (χ2v) is 7.79. The van der Waals surface area contributed by atoms with Crippen molar-refractivity contribution in [2.75, 3.05) is 12.3 Å². The van der Waals surface area contributed by atoms with Crippen molar-refractivity contribution in [3.63, 3.8) is 0 Å². The average Bonchev–Trinajstić information content (AvgIpc) is 3.08. The summed E-state index contributed by atoms with van der Waals surface area (Å²) < 4.78 is 30.5. The fraction of sp³-hybridized carbons (Fsp3) is 0.571. The van der Waals surface area contributed by atoms with Crippen molar-refractivity contribution in [3.8, 4) is 0 Å². The quantitative estimate of drug-likeness (QED) is 0.821. The lowest BCUT2D eigenvalue weighted by Crippen LogP contribution is -2.36. The molecule has 2 aromatic rings. The Kier molecular flexibility index (Phi) is 4.30. The molecule has 0 N–H and O–H groups in total. The van der Waals surface area contributed by atoms with E-state index < -0.39 is 10.0 Å². The maximum Gasteiger partial charge on any atom is 0.214 e. The van der Waals surface area contributed by atoms with Crippen molar-refractivity contribution in [1.82, 2.24) is 23.6 Å². The van der Waals surface area contributed by atoms with Crippen molar-refractivity contribution in [2.45, 2.75) is 33.0 Å². The van der Waals surface area contributed by atoms with Gasteiger partial charge in [-0.3, -0.25) is 4.68 Å². The first-order valence-corrected chi connectivity index (χ1v) is 9.14. The van der Waals surface area contributed by atoms with Gasteiger partial charge in [-0.1, -0.05) is 6.92 Å². The first kappa shape index (κ1) is 15.2. The van der Waals surface area contributed by atoms with Gasteiger partial charge in [0.25, 0.3) is 0 Å². The molecule has 0 unspecified atom stereocenters. The van der Waals surface area contributed by atoms with Gasteiger partial charge >= 0.3 is 0 Å². The third-order valence-electron chi connectivity index (χ3n) is 3.90. The highest BCUT2D eigenvalue weighted by molar-refractivity contribution is 7.89. The zero-order chi connectivity index (χ0) is 15.6. The van der Waals surface area contributed by atoms with E-state index in [2.05, 4.69) is 14.6 Å². The molecule has 2 aromatic heterocycles. The number of hydrogen-bond donors (Lipinski definition) is 0. The van der Waals surface area contributed by atoms with E-state index in [9.17, 15) is 8.42 Å². The minimum atomic E-state index is -3.24. The number of aromatic nitrogens is 4. The topological polar surface area (TPSA) is 73.0 Å². The van der Waals surface area contributed by atoms with Gasteiger partial charge < -0.3 is 4.57 Å². The molecule has 0 fully saturated rings. The van der Waals surface area contributed by atoms with Crippen LogP contribution in [0.3, 0.4) is 0 Å². The molecule has 1 aliphatic rings. The molecule has 1 aliphatic heterocycles. The number of rotatable bonds is 5. The number of hydrogen-bond acceptors (Lipinski definition) is 4. The summed E-state index contributed by atoms with van der Waals surface area (Å²) in [6.07, 6.45) is 7.92. The molecule has 0 saturated heterocycles. The lowest BCUT2D eigenvalue weighted by Gasteiger charge is -2.23. The molecule has 0 aliphatic carbocycles. The molecule has 0 spiro atoms. The summed E-state index contributed by atoms with van der Waals surface area (Å²) in [6, 6.07) is 1.88. The highest BCUT2D eigenvalue weighted by Gasteiger charge is 2.29. The Morgan fingerprint density at radius 2 is 2.14 bits per heavy atom. The molecule has 0 amide bonds. The van der Waals surface area contributed by atoms with E-state index in [1.807, 2.05) is 30.1 Å². The van der Waals surface area contributed by atoms with Gasteiger partial charge in [0.2, 0.25) is 10.0 Å². The molecule has 3 rings (SSSR count). The SMILES string of the molecule is CCCS(=O)(=O)N1Cc2nccn2C[C@@H](Cn2cccn2)C1. The Morgan fingerprint density at radius 1 is 1.27 bits per heavy atom. The summed E-state index contributed by atoms with van der Waals surface area (Å²) >= 11 is 0. The van der Waals surface area contributed by atoms with Crippen LogP contribution < -0.4 is 0 Å². The fourth-order valence-corrected chi connectivity index (χ4v) is 4.42. The van der Waals surface area contributed by atoms with E-state index in [4.69, 9.17) is 0 Å². The molecule has 0 bridgehead atoms. The van der Waals surface area contributed by atoms with Crippen LogP contribution in [0.5, 0.6) is 0 Å². The molecule has 7 nitrogen and oxygen atoms in total.